The highest BCUT2D eigenvalue weighted by Gasteiger charge is 2.23. The van der Waals surface area contributed by atoms with E-state index in [0.717, 1.165) is 6.42 Å². The van der Waals surface area contributed by atoms with Crippen molar-refractivity contribution >= 4 is 11.9 Å². The number of nitrogens with one attached hydrogen (secondary N) is 2. The summed E-state index contributed by atoms with van der Waals surface area (Å²) >= 11 is 0. The van der Waals surface area contributed by atoms with E-state index in [1.165, 1.54) is 0 Å². The molecule has 1 aromatic carbocycles. The minimum absolute atomic E-state index is 0.0503. The van der Waals surface area contributed by atoms with E-state index in [0.29, 0.717) is 30.4 Å². The van der Waals surface area contributed by atoms with Gasteiger partial charge in [0.05, 0.1) is 13.1 Å². The molecule has 2 atom stereocenters. The number of carboxylic acid groups (broad SMARTS) is 1. The lowest BCUT2D eigenvalue weighted by Crippen LogP contribution is -2.46. The van der Waals surface area contributed by atoms with Crippen molar-refractivity contribution in [3.63, 3.8) is 0 Å². The van der Waals surface area contributed by atoms with Crippen LogP contribution in [0.3, 0.4) is 0 Å². The Balaban J connectivity index is 1.66. The van der Waals surface area contributed by atoms with Gasteiger partial charge in [-0.25, -0.2) is 0 Å². The van der Waals surface area contributed by atoms with Gasteiger partial charge in [0.15, 0.2) is 11.5 Å². The lowest BCUT2D eigenvalue weighted by molar-refractivity contribution is -0.140. The summed E-state index contributed by atoms with van der Waals surface area (Å²) in [4.78, 5) is 23.0. The van der Waals surface area contributed by atoms with Crippen molar-refractivity contribution in [1.82, 2.24) is 10.6 Å². The summed E-state index contributed by atoms with van der Waals surface area (Å²) in [5.41, 5.74) is 0. The molecule has 0 fully saturated rings. The van der Waals surface area contributed by atoms with Crippen LogP contribution in [0.15, 0.2) is 18.2 Å². The molecule has 8 heteroatoms. The number of carbonyl (C=O) groups is 2. The second kappa shape index (κ2) is 9.12. The Morgan fingerprint density at radius 2 is 2.08 bits per heavy atom. The lowest BCUT2D eigenvalue weighted by atomic mass is 9.99. The third-order valence-electron chi connectivity index (χ3n) is 4.00. The average Bonchev–Trinajstić information content (AvgIpc) is 3.06. The Bertz CT molecular complexity index is 607. The second-order valence-corrected chi connectivity index (χ2v) is 5.80. The first-order chi connectivity index (χ1) is 12.0. The van der Waals surface area contributed by atoms with Gasteiger partial charge in [0, 0.05) is 6.07 Å². The Morgan fingerprint density at radius 1 is 1.32 bits per heavy atom. The van der Waals surface area contributed by atoms with Crippen molar-refractivity contribution in [2.45, 2.75) is 26.3 Å². The fourth-order valence-corrected chi connectivity index (χ4v) is 2.36. The van der Waals surface area contributed by atoms with E-state index < -0.39 is 12.0 Å². The van der Waals surface area contributed by atoms with Crippen molar-refractivity contribution in [2.75, 3.05) is 26.5 Å². The molecular formula is C17H24N2O6. The first-order valence-electron chi connectivity index (χ1n) is 8.26. The highest BCUT2D eigenvalue weighted by Crippen LogP contribution is 2.34. The summed E-state index contributed by atoms with van der Waals surface area (Å²) in [7, 11) is 0. The molecule has 0 aliphatic carbocycles. The molecule has 2 rings (SSSR count). The van der Waals surface area contributed by atoms with Gasteiger partial charge in [-0.05, 0) is 18.1 Å². The molecule has 0 saturated carbocycles. The molecule has 0 saturated heterocycles. The van der Waals surface area contributed by atoms with E-state index in [4.69, 9.17) is 19.3 Å². The number of aliphatic carboxylic acids is 1. The zero-order valence-electron chi connectivity index (χ0n) is 14.4. The van der Waals surface area contributed by atoms with Crippen molar-refractivity contribution < 1.29 is 28.9 Å². The first kappa shape index (κ1) is 18.9. The maximum Gasteiger partial charge on any atom is 0.320 e. The zero-order chi connectivity index (χ0) is 18.2. The van der Waals surface area contributed by atoms with Crippen LogP contribution in [0.1, 0.15) is 20.3 Å². The summed E-state index contributed by atoms with van der Waals surface area (Å²) < 4.78 is 16.0. The SMILES string of the molecule is CC[C@H](C)[C@H](NCC(=O)NCCOc1ccc2c(c1)OCO2)C(=O)O. The molecule has 1 aromatic rings. The van der Waals surface area contributed by atoms with Gasteiger partial charge in [-0.3, -0.25) is 14.9 Å². The number of carbonyl (C=O) groups excluding carboxylic acids is 1. The number of ether oxygens (including phenoxy) is 3. The molecule has 0 unspecified atom stereocenters. The topological polar surface area (TPSA) is 106 Å². The van der Waals surface area contributed by atoms with Gasteiger partial charge in [-0.2, -0.15) is 0 Å². The minimum atomic E-state index is -0.951. The maximum absolute atomic E-state index is 11.8. The standard InChI is InChI=1S/C17H24N2O6/c1-3-11(2)16(17(21)22)19-9-15(20)18-6-7-23-12-4-5-13-14(8-12)25-10-24-13/h4-5,8,11,16,19H,3,6-7,9-10H2,1-2H3,(H,18,20)(H,21,22)/t11-,16-/m0/s1. The monoisotopic (exact) mass is 352 g/mol. The van der Waals surface area contributed by atoms with Crippen LogP contribution in [0.4, 0.5) is 0 Å². The minimum Gasteiger partial charge on any atom is -0.492 e. The number of amides is 1. The van der Waals surface area contributed by atoms with Gasteiger partial charge in [-0.1, -0.05) is 20.3 Å². The van der Waals surface area contributed by atoms with Crippen molar-refractivity contribution in [1.29, 1.82) is 0 Å². The first-order valence-corrected chi connectivity index (χ1v) is 8.26. The van der Waals surface area contributed by atoms with Crippen LogP contribution in [0.2, 0.25) is 0 Å². The highest BCUT2D eigenvalue weighted by molar-refractivity contribution is 5.80. The number of carboxylic acids is 1. The Labute approximate surface area is 146 Å². The molecule has 1 aliphatic heterocycles. The van der Waals surface area contributed by atoms with Gasteiger partial charge >= 0.3 is 5.97 Å². The molecule has 25 heavy (non-hydrogen) atoms. The van der Waals surface area contributed by atoms with E-state index in [1.807, 2.05) is 13.8 Å². The van der Waals surface area contributed by atoms with E-state index in [1.54, 1.807) is 18.2 Å². The Hall–Kier alpha value is -2.48. The normalized spacial score (nSPS) is 14.6. The molecule has 3 N–H and O–H groups in total. The molecule has 1 aliphatic rings. The molecule has 0 radical (unpaired) electrons. The largest absolute Gasteiger partial charge is 0.492 e. The maximum atomic E-state index is 11.8. The molecule has 1 heterocycles. The summed E-state index contributed by atoms with van der Waals surface area (Å²) in [5.74, 6) is 0.660. The van der Waals surface area contributed by atoms with Crippen molar-refractivity contribution in [3.8, 4) is 17.2 Å². The number of benzene rings is 1. The van der Waals surface area contributed by atoms with Crippen LogP contribution < -0.4 is 24.8 Å². The second-order valence-electron chi connectivity index (χ2n) is 5.80. The van der Waals surface area contributed by atoms with Gasteiger partial charge in [0.25, 0.3) is 0 Å². The van der Waals surface area contributed by atoms with Crippen LogP contribution in [-0.2, 0) is 9.59 Å². The Kier molecular flexibility index (Phi) is 6.88. The van der Waals surface area contributed by atoms with Crippen LogP contribution >= 0.6 is 0 Å². The van der Waals surface area contributed by atoms with E-state index in [2.05, 4.69) is 10.6 Å². The van der Waals surface area contributed by atoms with E-state index in [-0.39, 0.29) is 25.2 Å². The third kappa shape index (κ3) is 5.53. The van der Waals surface area contributed by atoms with E-state index in [9.17, 15) is 9.59 Å². The quantitative estimate of drug-likeness (QED) is 0.539. The lowest BCUT2D eigenvalue weighted by Gasteiger charge is -2.19. The number of hydrogen-bond donors (Lipinski definition) is 3. The average molecular weight is 352 g/mol. The molecule has 0 spiro atoms. The zero-order valence-corrected chi connectivity index (χ0v) is 14.4. The van der Waals surface area contributed by atoms with Crippen LogP contribution in [0.5, 0.6) is 17.2 Å². The third-order valence-corrected chi connectivity index (χ3v) is 4.00. The van der Waals surface area contributed by atoms with Crippen molar-refractivity contribution in [2.24, 2.45) is 5.92 Å². The Morgan fingerprint density at radius 3 is 2.80 bits per heavy atom. The van der Waals surface area contributed by atoms with Gasteiger partial charge in [0.1, 0.15) is 18.4 Å². The van der Waals surface area contributed by atoms with Gasteiger partial charge < -0.3 is 24.6 Å². The van der Waals surface area contributed by atoms with Crippen LogP contribution in [0.25, 0.3) is 0 Å². The summed E-state index contributed by atoms with van der Waals surface area (Å²) in [6, 6.07) is 4.53. The molecule has 8 nitrogen and oxygen atoms in total. The van der Waals surface area contributed by atoms with Crippen LogP contribution in [0, 0.1) is 5.92 Å². The predicted molar refractivity (Wildman–Crippen MR) is 90.0 cm³/mol. The fraction of sp³-hybridized carbons (Fsp3) is 0.529. The smallest absolute Gasteiger partial charge is 0.320 e. The summed E-state index contributed by atoms with van der Waals surface area (Å²) in [6.45, 7) is 4.51. The van der Waals surface area contributed by atoms with Crippen molar-refractivity contribution in [3.05, 3.63) is 18.2 Å². The van der Waals surface area contributed by atoms with Crippen LogP contribution in [-0.4, -0.2) is 49.5 Å². The van der Waals surface area contributed by atoms with Gasteiger partial charge in [0.2, 0.25) is 12.7 Å². The van der Waals surface area contributed by atoms with Gasteiger partial charge in [-0.15, -0.1) is 0 Å². The highest BCUT2D eigenvalue weighted by atomic mass is 16.7. The fourth-order valence-electron chi connectivity index (χ4n) is 2.36. The molecule has 0 bridgehead atoms. The molecule has 0 aromatic heterocycles. The molecule has 138 valence electrons. The van der Waals surface area contributed by atoms with E-state index >= 15 is 0 Å². The number of fused-ring (bicyclic) bond motifs is 1. The summed E-state index contributed by atoms with van der Waals surface area (Å²) in [5, 5.41) is 14.6. The predicted octanol–water partition coefficient (Wildman–Crippen LogP) is 0.999. The molecule has 1 amide bonds. The number of hydrogen-bond acceptors (Lipinski definition) is 6. The number of rotatable bonds is 10. The molecular weight excluding hydrogens is 328 g/mol. The summed E-state index contributed by atoms with van der Waals surface area (Å²) in [6.07, 6.45) is 0.717.